The SMILES string of the molecule is COCCN(C(C)COC)S(=O)(=O)c1cc(Br)ccc1C. The summed E-state index contributed by atoms with van der Waals surface area (Å²) in [6.45, 7) is 4.56. The van der Waals surface area contributed by atoms with Crippen molar-refractivity contribution in [1.29, 1.82) is 0 Å². The van der Waals surface area contributed by atoms with Crippen molar-refractivity contribution >= 4 is 26.0 Å². The zero-order valence-electron chi connectivity index (χ0n) is 12.8. The minimum atomic E-state index is -3.60. The van der Waals surface area contributed by atoms with E-state index in [1.165, 1.54) is 4.31 Å². The Kier molecular flexibility index (Phi) is 7.29. The lowest BCUT2D eigenvalue weighted by Gasteiger charge is -2.28. The number of nitrogens with zero attached hydrogens (tertiary/aromatic N) is 1. The van der Waals surface area contributed by atoms with E-state index in [2.05, 4.69) is 15.9 Å². The van der Waals surface area contributed by atoms with Gasteiger partial charge >= 0.3 is 0 Å². The molecule has 1 rings (SSSR count). The van der Waals surface area contributed by atoms with E-state index in [9.17, 15) is 8.42 Å². The minimum Gasteiger partial charge on any atom is -0.383 e. The second-order valence-corrected chi connectivity index (χ2v) is 7.60. The monoisotopic (exact) mass is 379 g/mol. The summed E-state index contributed by atoms with van der Waals surface area (Å²) in [6.07, 6.45) is 0. The zero-order chi connectivity index (χ0) is 16.0. The van der Waals surface area contributed by atoms with Crippen molar-refractivity contribution in [2.45, 2.75) is 24.8 Å². The third-order valence-electron chi connectivity index (χ3n) is 3.15. The van der Waals surface area contributed by atoms with Crippen LogP contribution in [0.4, 0.5) is 0 Å². The smallest absolute Gasteiger partial charge is 0.243 e. The quantitative estimate of drug-likeness (QED) is 0.695. The van der Waals surface area contributed by atoms with Crippen molar-refractivity contribution in [3.8, 4) is 0 Å². The molecule has 0 bridgehead atoms. The van der Waals surface area contributed by atoms with Crippen LogP contribution in [0.3, 0.4) is 0 Å². The lowest BCUT2D eigenvalue weighted by molar-refractivity contribution is 0.119. The topological polar surface area (TPSA) is 55.8 Å². The Hall–Kier alpha value is -0.470. The van der Waals surface area contributed by atoms with Gasteiger partial charge in [0.2, 0.25) is 10.0 Å². The van der Waals surface area contributed by atoms with Gasteiger partial charge in [-0.25, -0.2) is 8.42 Å². The zero-order valence-corrected chi connectivity index (χ0v) is 15.2. The van der Waals surface area contributed by atoms with Gasteiger partial charge in [0.25, 0.3) is 0 Å². The van der Waals surface area contributed by atoms with Gasteiger partial charge in [-0.1, -0.05) is 22.0 Å². The third kappa shape index (κ3) is 4.75. The molecule has 0 saturated carbocycles. The Labute approximate surface area is 135 Å². The molecular formula is C14H22BrNO4S. The molecule has 0 fully saturated rings. The lowest BCUT2D eigenvalue weighted by Crippen LogP contribution is -2.43. The van der Waals surface area contributed by atoms with E-state index >= 15 is 0 Å². The van der Waals surface area contributed by atoms with Crippen LogP contribution in [0.5, 0.6) is 0 Å². The normalized spacial score (nSPS) is 13.6. The van der Waals surface area contributed by atoms with Crippen molar-refractivity contribution < 1.29 is 17.9 Å². The lowest BCUT2D eigenvalue weighted by atomic mass is 10.2. The van der Waals surface area contributed by atoms with Gasteiger partial charge in [0, 0.05) is 31.3 Å². The highest BCUT2D eigenvalue weighted by Crippen LogP contribution is 2.25. The Morgan fingerprint density at radius 3 is 2.52 bits per heavy atom. The van der Waals surface area contributed by atoms with Gasteiger partial charge in [-0.2, -0.15) is 4.31 Å². The van der Waals surface area contributed by atoms with E-state index in [1.807, 2.05) is 13.0 Å². The largest absolute Gasteiger partial charge is 0.383 e. The summed E-state index contributed by atoms with van der Waals surface area (Å²) in [5.41, 5.74) is 0.713. The fourth-order valence-corrected chi connectivity index (χ4v) is 4.43. The molecule has 0 aliphatic rings. The second-order valence-electron chi connectivity index (χ2n) is 4.82. The molecule has 120 valence electrons. The number of rotatable bonds is 8. The van der Waals surface area contributed by atoms with Crippen LogP contribution in [0, 0.1) is 6.92 Å². The first kappa shape index (κ1) is 18.6. The second kappa shape index (κ2) is 8.24. The summed E-state index contributed by atoms with van der Waals surface area (Å²) in [6, 6.07) is 4.97. The van der Waals surface area contributed by atoms with E-state index in [4.69, 9.17) is 9.47 Å². The molecule has 0 amide bonds. The maximum absolute atomic E-state index is 12.9. The Morgan fingerprint density at radius 2 is 1.95 bits per heavy atom. The van der Waals surface area contributed by atoms with Crippen LogP contribution >= 0.6 is 15.9 Å². The van der Waals surface area contributed by atoms with E-state index in [-0.39, 0.29) is 12.6 Å². The first-order valence-electron chi connectivity index (χ1n) is 6.60. The molecule has 0 spiro atoms. The van der Waals surface area contributed by atoms with Crippen LogP contribution in [-0.2, 0) is 19.5 Å². The number of methoxy groups -OCH3 is 2. The number of ether oxygens (including phenoxy) is 2. The number of hydrogen-bond acceptors (Lipinski definition) is 4. The van der Waals surface area contributed by atoms with Gasteiger partial charge in [-0.15, -0.1) is 0 Å². The number of benzene rings is 1. The summed E-state index contributed by atoms with van der Waals surface area (Å²) in [5, 5.41) is 0. The van der Waals surface area contributed by atoms with Crippen LogP contribution in [-0.4, -0.2) is 52.7 Å². The molecule has 21 heavy (non-hydrogen) atoms. The molecule has 0 radical (unpaired) electrons. The molecule has 7 heteroatoms. The van der Waals surface area contributed by atoms with Gasteiger partial charge in [-0.3, -0.25) is 0 Å². The summed E-state index contributed by atoms with van der Waals surface area (Å²) >= 11 is 3.33. The molecule has 0 saturated heterocycles. The number of aryl methyl sites for hydroxylation is 1. The average Bonchev–Trinajstić information content (AvgIpc) is 2.42. The van der Waals surface area contributed by atoms with Crippen LogP contribution < -0.4 is 0 Å². The van der Waals surface area contributed by atoms with Gasteiger partial charge in [0.1, 0.15) is 0 Å². The van der Waals surface area contributed by atoms with E-state index in [0.29, 0.717) is 23.7 Å². The summed E-state index contributed by atoms with van der Waals surface area (Å²) in [4.78, 5) is 0.302. The minimum absolute atomic E-state index is 0.270. The predicted molar refractivity (Wildman–Crippen MR) is 86.0 cm³/mol. The number of sulfonamides is 1. The van der Waals surface area contributed by atoms with Crippen molar-refractivity contribution in [1.82, 2.24) is 4.31 Å². The van der Waals surface area contributed by atoms with Crippen molar-refractivity contribution in [2.24, 2.45) is 0 Å². The van der Waals surface area contributed by atoms with Crippen LogP contribution in [0.2, 0.25) is 0 Å². The highest BCUT2D eigenvalue weighted by Gasteiger charge is 2.30. The van der Waals surface area contributed by atoms with Gasteiger partial charge in [-0.05, 0) is 31.5 Å². The fourth-order valence-electron chi connectivity index (χ4n) is 2.06. The van der Waals surface area contributed by atoms with Gasteiger partial charge in [0.15, 0.2) is 0 Å². The summed E-state index contributed by atoms with van der Waals surface area (Å²) in [5.74, 6) is 0. The standard InChI is InChI=1S/C14H22BrNO4S/c1-11-5-6-13(15)9-14(11)21(17,18)16(7-8-19-3)12(2)10-20-4/h5-6,9,12H,7-8,10H2,1-4H3. The first-order valence-corrected chi connectivity index (χ1v) is 8.83. The van der Waals surface area contributed by atoms with Crippen molar-refractivity contribution in [2.75, 3.05) is 34.0 Å². The Morgan fingerprint density at radius 1 is 1.29 bits per heavy atom. The molecule has 5 nitrogen and oxygen atoms in total. The Bertz CT molecular complexity index is 562. The molecule has 1 aromatic rings. The molecule has 0 heterocycles. The summed E-state index contributed by atoms with van der Waals surface area (Å²) in [7, 11) is -0.495. The summed E-state index contributed by atoms with van der Waals surface area (Å²) < 4.78 is 38.1. The van der Waals surface area contributed by atoms with Gasteiger partial charge < -0.3 is 9.47 Å². The van der Waals surface area contributed by atoms with Crippen LogP contribution in [0.1, 0.15) is 12.5 Å². The molecule has 1 unspecified atom stereocenters. The molecule has 1 atom stereocenters. The predicted octanol–water partition coefficient (Wildman–Crippen LogP) is 2.43. The molecule has 0 aliphatic heterocycles. The maximum atomic E-state index is 12.9. The van der Waals surface area contributed by atoms with E-state index < -0.39 is 10.0 Å². The molecule has 0 N–H and O–H groups in total. The highest BCUT2D eigenvalue weighted by molar-refractivity contribution is 9.10. The Balaban J connectivity index is 3.22. The van der Waals surface area contributed by atoms with Gasteiger partial charge in [0.05, 0.1) is 18.1 Å². The van der Waals surface area contributed by atoms with Crippen LogP contribution in [0.25, 0.3) is 0 Å². The molecular weight excluding hydrogens is 358 g/mol. The van der Waals surface area contributed by atoms with E-state index in [0.717, 1.165) is 4.47 Å². The average molecular weight is 380 g/mol. The third-order valence-corrected chi connectivity index (χ3v) is 5.80. The number of hydrogen-bond donors (Lipinski definition) is 0. The van der Waals surface area contributed by atoms with Crippen molar-refractivity contribution in [3.63, 3.8) is 0 Å². The maximum Gasteiger partial charge on any atom is 0.243 e. The first-order chi connectivity index (χ1) is 9.84. The fraction of sp³-hybridized carbons (Fsp3) is 0.571. The highest BCUT2D eigenvalue weighted by atomic mass is 79.9. The molecule has 1 aromatic carbocycles. The van der Waals surface area contributed by atoms with Crippen molar-refractivity contribution in [3.05, 3.63) is 28.2 Å². The van der Waals surface area contributed by atoms with Crippen LogP contribution in [0.15, 0.2) is 27.6 Å². The molecule has 0 aromatic heterocycles. The van der Waals surface area contributed by atoms with E-state index in [1.54, 1.807) is 33.3 Å². The molecule has 0 aliphatic carbocycles. The number of halogens is 1.